The molecule has 0 spiro atoms. The van der Waals surface area contributed by atoms with Crippen molar-refractivity contribution in [2.24, 2.45) is 34.5 Å². The largest absolute Gasteiger partial charge is 0.454 e. The molecule has 6 atom stereocenters. The summed E-state index contributed by atoms with van der Waals surface area (Å²) in [6, 6.07) is 7.55. The molecular formula is C38H50N4O6. The molecule has 5 heterocycles. The van der Waals surface area contributed by atoms with Crippen LogP contribution in [0.1, 0.15) is 51.5 Å². The van der Waals surface area contributed by atoms with Crippen molar-refractivity contribution in [2.75, 3.05) is 44.8 Å². The third-order valence-corrected chi connectivity index (χ3v) is 12.6. The summed E-state index contributed by atoms with van der Waals surface area (Å²) in [4.78, 5) is 43.2. The maximum absolute atomic E-state index is 12.8. The van der Waals surface area contributed by atoms with Crippen LogP contribution in [-0.2, 0) is 25.5 Å². The fourth-order valence-corrected chi connectivity index (χ4v) is 10.1. The number of rotatable bonds is 9. The first-order valence-corrected chi connectivity index (χ1v) is 17.7. The van der Waals surface area contributed by atoms with Gasteiger partial charge in [-0.1, -0.05) is 50.3 Å². The number of piperidine rings is 2. The van der Waals surface area contributed by atoms with Gasteiger partial charge in [0.2, 0.25) is 11.8 Å². The van der Waals surface area contributed by atoms with E-state index in [1.807, 2.05) is 31.2 Å². The lowest BCUT2D eigenvalue weighted by Gasteiger charge is -2.59. The van der Waals surface area contributed by atoms with Crippen LogP contribution in [0.4, 0.5) is 5.69 Å². The number of hydrogen-bond acceptors (Lipinski definition) is 8. The Morgan fingerprint density at radius 1 is 1.06 bits per heavy atom. The summed E-state index contributed by atoms with van der Waals surface area (Å²) in [5.74, 6) is 0.105. The number of fused-ring (bicyclic) bond motifs is 1. The van der Waals surface area contributed by atoms with Gasteiger partial charge in [0.25, 0.3) is 0 Å². The molecule has 2 amide bonds. The molecule has 5 aliphatic heterocycles. The van der Waals surface area contributed by atoms with Crippen LogP contribution in [-0.4, -0.2) is 95.5 Å². The van der Waals surface area contributed by atoms with Gasteiger partial charge in [-0.3, -0.25) is 19.4 Å². The van der Waals surface area contributed by atoms with Crippen molar-refractivity contribution < 1.29 is 29.3 Å². The Kier molecular flexibility index (Phi) is 8.89. The summed E-state index contributed by atoms with van der Waals surface area (Å²) in [6.07, 6.45) is 8.34. The van der Waals surface area contributed by atoms with Gasteiger partial charge in [-0.2, -0.15) is 0 Å². The topological polar surface area (TPSA) is 131 Å². The van der Waals surface area contributed by atoms with Crippen LogP contribution in [0.5, 0.6) is 0 Å². The van der Waals surface area contributed by atoms with Crippen LogP contribution in [0, 0.1) is 34.5 Å². The number of nitrogens with zero attached hydrogens (tertiary/aromatic N) is 2. The number of ether oxygens (including phenoxy) is 1. The highest BCUT2D eigenvalue weighted by atomic mass is 16.5. The molecule has 8 rings (SSSR count). The Labute approximate surface area is 283 Å². The van der Waals surface area contributed by atoms with E-state index in [4.69, 9.17) is 4.74 Å². The average Bonchev–Trinajstić information content (AvgIpc) is 3.39. The first-order chi connectivity index (χ1) is 22.9. The Balaban J connectivity index is 0.920. The number of amides is 2. The number of hydrogen-bond donors (Lipinski definition) is 4. The summed E-state index contributed by atoms with van der Waals surface area (Å²) in [7, 11) is 0. The van der Waals surface area contributed by atoms with E-state index in [2.05, 4.69) is 40.0 Å². The van der Waals surface area contributed by atoms with Crippen LogP contribution in [0.2, 0.25) is 0 Å². The second-order valence-corrected chi connectivity index (χ2v) is 15.8. The van der Waals surface area contributed by atoms with Gasteiger partial charge < -0.3 is 25.6 Å². The van der Waals surface area contributed by atoms with Crippen LogP contribution in [0.25, 0.3) is 0 Å². The predicted molar refractivity (Wildman–Crippen MR) is 181 cm³/mol. The van der Waals surface area contributed by atoms with E-state index in [1.54, 1.807) is 12.1 Å². The lowest BCUT2D eigenvalue weighted by atomic mass is 9.46. The van der Waals surface area contributed by atoms with Gasteiger partial charge in [0.15, 0.2) is 0 Å². The third-order valence-electron chi connectivity index (χ3n) is 12.6. The summed E-state index contributed by atoms with van der Waals surface area (Å²) in [5, 5.41) is 27.1. The zero-order chi connectivity index (χ0) is 33.8. The highest BCUT2D eigenvalue weighted by molar-refractivity contribution is 6.03. The third kappa shape index (κ3) is 6.17. The number of allylic oxidation sites excluding steroid dienone is 2. The fourth-order valence-electron chi connectivity index (χ4n) is 10.1. The van der Waals surface area contributed by atoms with Crippen molar-refractivity contribution in [2.45, 2.75) is 70.6 Å². The standard InChI is InChI=1S/C38H50N4O6/c1-23-4-11-31-37(2,13-12-32(44)38(31,3)21-43)30(23)10-7-25-15-29(48-36(25)47)14-24-5-8-28(9-6-24)39-33(45)16-34(46)40-35-26-17-41-19-27(35)20-42(18-26)22-41/h5-10,15,26-27,29-32,35,43-44H,1,4,11-14,16-22H2,2-3H3,(H,39,45)(H,40,46)/b10-7+/t26?,27?,29?,30?,31?,32-,35?,37-,38+/m1/s1. The zero-order valence-electron chi connectivity index (χ0n) is 28.2. The number of carbonyl (C=O) groups excluding carboxylic acids is 3. The smallest absolute Gasteiger partial charge is 0.338 e. The minimum absolute atomic E-state index is 0.0324. The molecule has 2 aliphatic carbocycles. The minimum Gasteiger partial charge on any atom is -0.454 e. The number of anilines is 1. The number of carbonyl (C=O) groups is 3. The van der Waals surface area contributed by atoms with Gasteiger partial charge in [-0.15, -0.1) is 0 Å². The van der Waals surface area contributed by atoms with Crippen molar-refractivity contribution >= 4 is 23.5 Å². The summed E-state index contributed by atoms with van der Waals surface area (Å²) in [6.45, 7) is 13.6. The van der Waals surface area contributed by atoms with Crippen molar-refractivity contribution in [3.63, 3.8) is 0 Å². The number of aliphatic hydroxyl groups excluding tert-OH is 2. The number of cyclic esters (lactones) is 1. The molecule has 4 N–H and O–H groups in total. The van der Waals surface area contributed by atoms with Crippen LogP contribution < -0.4 is 10.6 Å². The average molecular weight is 659 g/mol. The van der Waals surface area contributed by atoms with Crippen LogP contribution >= 0.6 is 0 Å². The Morgan fingerprint density at radius 2 is 1.75 bits per heavy atom. The van der Waals surface area contributed by atoms with Gasteiger partial charge in [0.05, 0.1) is 25.0 Å². The molecule has 4 saturated heterocycles. The van der Waals surface area contributed by atoms with Gasteiger partial charge in [-0.05, 0) is 60.8 Å². The van der Waals surface area contributed by atoms with E-state index in [-0.39, 0.29) is 54.1 Å². The van der Waals surface area contributed by atoms with E-state index in [1.165, 1.54) is 0 Å². The highest BCUT2D eigenvalue weighted by Gasteiger charge is 2.57. The maximum atomic E-state index is 12.8. The van der Waals surface area contributed by atoms with Gasteiger partial charge in [-0.25, -0.2) is 4.79 Å². The van der Waals surface area contributed by atoms with Crippen LogP contribution in [0.15, 0.2) is 60.2 Å². The number of benzene rings is 1. The number of nitrogens with one attached hydrogen (secondary N) is 2. The molecule has 7 aliphatic rings. The van der Waals surface area contributed by atoms with E-state index in [0.29, 0.717) is 35.9 Å². The monoisotopic (exact) mass is 658 g/mol. The van der Waals surface area contributed by atoms with E-state index < -0.39 is 17.6 Å². The van der Waals surface area contributed by atoms with Crippen molar-refractivity contribution in [1.82, 2.24) is 15.1 Å². The maximum Gasteiger partial charge on any atom is 0.338 e. The summed E-state index contributed by atoms with van der Waals surface area (Å²) < 4.78 is 5.69. The molecule has 10 nitrogen and oxygen atoms in total. The molecule has 0 radical (unpaired) electrons. The fraction of sp³-hybridized carbons (Fsp3) is 0.605. The van der Waals surface area contributed by atoms with E-state index in [0.717, 1.165) is 63.2 Å². The van der Waals surface area contributed by atoms with Crippen LogP contribution in [0.3, 0.4) is 0 Å². The zero-order valence-corrected chi connectivity index (χ0v) is 28.2. The Morgan fingerprint density at radius 3 is 2.42 bits per heavy atom. The SMILES string of the molecule is C=C1CCC2[C@](C)(CC[C@@H](O)[C@@]2(C)CO)C1/C=C/C1=CC(Cc2ccc(NC(=O)CC(=O)NC3C4CN5CC3CN(C4)C5)cc2)OC1=O. The first kappa shape index (κ1) is 33.2. The quantitative estimate of drug-likeness (QED) is 0.181. The minimum atomic E-state index is -0.561. The molecular weight excluding hydrogens is 608 g/mol. The molecule has 0 aromatic heterocycles. The predicted octanol–water partition coefficient (Wildman–Crippen LogP) is 3.03. The number of esters is 1. The second kappa shape index (κ2) is 12.9. The second-order valence-electron chi connectivity index (χ2n) is 15.8. The Bertz CT molecular complexity index is 1490. The van der Waals surface area contributed by atoms with Gasteiger partial charge in [0, 0.05) is 67.5 Å². The molecule has 1 aromatic rings. The molecule has 3 unspecified atom stereocenters. The van der Waals surface area contributed by atoms with Crippen molar-refractivity contribution in [1.29, 1.82) is 0 Å². The van der Waals surface area contributed by atoms with Crippen molar-refractivity contribution in [3.05, 3.63) is 65.8 Å². The molecule has 10 heteroatoms. The molecule has 258 valence electrons. The van der Waals surface area contributed by atoms with Gasteiger partial charge >= 0.3 is 5.97 Å². The lowest BCUT2D eigenvalue weighted by Crippen LogP contribution is -2.71. The molecule has 4 bridgehead atoms. The Hall–Kier alpha value is -3.31. The van der Waals surface area contributed by atoms with E-state index in [9.17, 15) is 24.6 Å². The normalized spacial score (nSPS) is 40.0. The lowest BCUT2D eigenvalue weighted by molar-refractivity contribution is -0.145. The molecule has 48 heavy (non-hydrogen) atoms. The number of aliphatic hydroxyl groups is 2. The molecule has 2 saturated carbocycles. The summed E-state index contributed by atoms with van der Waals surface area (Å²) in [5.41, 5.74) is 2.48. The highest BCUT2D eigenvalue weighted by Crippen LogP contribution is 2.61. The van der Waals surface area contributed by atoms with Crippen molar-refractivity contribution in [3.8, 4) is 0 Å². The summed E-state index contributed by atoms with van der Waals surface area (Å²) >= 11 is 0. The molecule has 1 aromatic carbocycles. The first-order valence-electron chi connectivity index (χ1n) is 17.7. The van der Waals surface area contributed by atoms with Gasteiger partial charge in [0.1, 0.15) is 12.5 Å². The van der Waals surface area contributed by atoms with E-state index >= 15 is 0 Å². The molecule has 6 fully saturated rings.